The minimum atomic E-state index is -0.841. The third-order valence-electron chi connectivity index (χ3n) is 5.94. The zero-order chi connectivity index (χ0) is 22.7. The van der Waals surface area contributed by atoms with E-state index in [1.165, 1.54) is 4.90 Å². The van der Waals surface area contributed by atoms with Crippen molar-refractivity contribution in [1.29, 1.82) is 0 Å². The number of hydrogen-bond acceptors (Lipinski definition) is 6. The number of fused-ring (bicyclic) bond motifs is 2. The number of benzene rings is 1. The van der Waals surface area contributed by atoms with Gasteiger partial charge in [0.05, 0.1) is 34.9 Å². The molecular formula is C23H19FN6O3. The van der Waals surface area contributed by atoms with Gasteiger partial charge in [-0.3, -0.25) is 9.48 Å². The number of aryl methyl sites for hydroxylation is 2. The van der Waals surface area contributed by atoms with Crippen molar-refractivity contribution in [1.82, 2.24) is 29.6 Å². The molecule has 4 aromatic heterocycles. The van der Waals surface area contributed by atoms with Gasteiger partial charge in [0, 0.05) is 31.9 Å². The Hall–Kier alpha value is -4.21. The van der Waals surface area contributed by atoms with Crippen LogP contribution in [0.1, 0.15) is 39.4 Å². The Kier molecular flexibility index (Phi) is 4.22. The van der Waals surface area contributed by atoms with Crippen LogP contribution in [-0.2, 0) is 13.5 Å². The molecule has 0 aliphatic carbocycles. The number of halogens is 1. The summed E-state index contributed by atoms with van der Waals surface area (Å²) in [5.41, 5.74) is 2.91. The number of aromatic nitrogens is 5. The van der Waals surface area contributed by atoms with E-state index >= 15 is 4.39 Å². The van der Waals surface area contributed by atoms with Crippen molar-refractivity contribution in [2.45, 2.75) is 19.4 Å². The number of nitrogens with zero attached hydrogens (tertiary/aromatic N) is 5. The first-order valence-corrected chi connectivity index (χ1v) is 10.5. The van der Waals surface area contributed by atoms with Crippen LogP contribution in [0.4, 0.5) is 4.39 Å². The molecule has 1 aromatic carbocycles. The number of furan rings is 1. The van der Waals surface area contributed by atoms with E-state index in [0.29, 0.717) is 46.8 Å². The van der Waals surface area contributed by atoms with Crippen molar-refractivity contribution >= 4 is 16.9 Å². The fourth-order valence-corrected chi connectivity index (χ4v) is 4.35. The van der Waals surface area contributed by atoms with E-state index in [-0.39, 0.29) is 11.5 Å². The van der Waals surface area contributed by atoms with Crippen LogP contribution in [0.3, 0.4) is 0 Å². The Morgan fingerprint density at radius 2 is 2.12 bits per heavy atom. The second-order valence-electron chi connectivity index (χ2n) is 8.03. The Morgan fingerprint density at radius 1 is 1.27 bits per heavy atom. The maximum absolute atomic E-state index is 15.4. The molecule has 10 heteroatoms. The van der Waals surface area contributed by atoms with Crippen LogP contribution < -0.4 is 0 Å². The van der Waals surface area contributed by atoms with Gasteiger partial charge in [-0.2, -0.15) is 5.10 Å². The SMILES string of the molecule is Cc1nc(-c2cnn(C)c2)oc1C(=O)N1CCc2[nH]cnc2C1c1oc2ccccc2c1F. The summed E-state index contributed by atoms with van der Waals surface area (Å²) in [7, 11) is 1.78. The first-order valence-electron chi connectivity index (χ1n) is 10.5. The molecule has 0 saturated carbocycles. The van der Waals surface area contributed by atoms with Gasteiger partial charge in [-0.15, -0.1) is 0 Å². The lowest BCUT2D eigenvalue weighted by atomic mass is 9.99. The first-order chi connectivity index (χ1) is 16.0. The van der Waals surface area contributed by atoms with Gasteiger partial charge in [0.1, 0.15) is 11.6 Å². The third-order valence-corrected chi connectivity index (χ3v) is 5.94. The maximum Gasteiger partial charge on any atom is 0.292 e. The molecule has 0 spiro atoms. The van der Waals surface area contributed by atoms with Crippen molar-refractivity contribution in [2.75, 3.05) is 6.54 Å². The van der Waals surface area contributed by atoms with Gasteiger partial charge in [-0.25, -0.2) is 14.4 Å². The molecule has 1 N–H and O–H groups in total. The van der Waals surface area contributed by atoms with Crippen LogP contribution in [0.15, 0.2) is 51.8 Å². The maximum atomic E-state index is 15.4. The van der Waals surface area contributed by atoms with Gasteiger partial charge in [0.2, 0.25) is 11.7 Å². The van der Waals surface area contributed by atoms with Crippen LogP contribution in [0.2, 0.25) is 0 Å². The van der Waals surface area contributed by atoms with E-state index in [2.05, 4.69) is 20.1 Å². The minimum absolute atomic E-state index is 0.0438. The predicted molar refractivity (Wildman–Crippen MR) is 115 cm³/mol. The van der Waals surface area contributed by atoms with Gasteiger partial charge >= 0.3 is 0 Å². The Bertz CT molecular complexity index is 1510. The lowest BCUT2D eigenvalue weighted by Gasteiger charge is -2.33. The second kappa shape index (κ2) is 7.16. The zero-order valence-corrected chi connectivity index (χ0v) is 17.9. The van der Waals surface area contributed by atoms with E-state index in [0.717, 1.165) is 5.69 Å². The summed E-state index contributed by atoms with van der Waals surface area (Å²) in [5, 5.41) is 4.48. The number of rotatable bonds is 3. The summed E-state index contributed by atoms with van der Waals surface area (Å²) in [6.45, 7) is 2.04. The summed E-state index contributed by atoms with van der Waals surface area (Å²) in [4.78, 5) is 27.1. The average molecular weight is 446 g/mol. The Morgan fingerprint density at radius 3 is 2.91 bits per heavy atom. The molecule has 0 saturated heterocycles. The number of H-pyrrole nitrogens is 1. The quantitative estimate of drug-likeness (QED) is 0.452. The molecule has 1 aliphatic heterocycles. The number of oxazole rings is 1. The van der Waals surface area contributed by atoms with E-state index < -0.39 is 17.8 Å². The van der Waals surface area contributed by atoms with Crippen molar-refractivity contribution in [3.8, 4) is 11.5 Å². The molecule has 1 atom stereocenters. The molecule has 9 nitrogen and oxygen atoms in total. The highest BCUT2D eigenvalue weighted by molar-refractivity contribution is 5.93. The summed E-state index contributed by atoms with van der Waals surface area (Å²) in [6.07, 6.45) is 5.46. The first kappa shape index (κ1) is 19.5. The van der Waals surface area contributed by atoms with Gasteiger partial charge in [0.25, 0.3) is 5.91 Å². The molecule has 5 aromatic rings. The van der Waals surface area contributed by atoms with Gasteiger partial charge in [0.15, 0.2) is 11.6 Å². The molecule has 0 bridgehead atoms. The molecule has 0 radical (unpaired) electrons. The number of nitrogens with one attached hydrogen (secondary N) is 1. The smallest absolute Gasteiger partial charge is 0.292 e. The summed E-state index contributed by atoms with van der Waals surface area (Å²) >= 11 is 0. The highest BCUT2D eigenvalue weighted by atomic mass is 19.1. The molecule has 1 unspecified atom stereocenters. The fourth-order valence-electron chi connectivity index (χ4n) is 4.35. The van der Waals surface area contributed by atoms with Gasteiger partial charge in [-0.1, -0.05) is 12.1 Å². The lowest BCUT2D eigenvalue weighted by molar-refractivity contribution is 0.0636. The van der Waals surface area contributed by atoms with E-state index in [9.17, 15) is 4.79 Å². The van der Waals surface area contributed by atoms with Crippen LogP contribution >= 0.6 is 0 Å². The molecule has 166 valence electrons. The van der Waals surface area contributed by atoms with Crippen LogP contribution in [-0.4, -0.2) is 42.1 Å². The summed E-state index contributed by atoms with van der Waals surface area (Å²) in [5.74, 6) is -0.479. The number of amides is 1. The third kappa shape index (κ3) is 2.98. The highest BCUT2D eigenvalue weighted by Gasteiger charge is 2.40. The molecule has 5 heterocycles. The van der Waals surface area contributed by atoms with Crippen molar-refractivity contribution in [2.24, 2.45) is 7.05 Å². The molecule has 0 fully saturated rings. The highest BCUT2D eigenvalue weighted by Crippen LogP contribution is 2.39. The molecule has 1 aliphatic rings. The van der Waals surface area contributed by atoms with Crippen LogP contribution in [0.5, 0.6) is 0 Å². The minimum Gasteiger partial charge on any atom is -0.455 e. The van der Waals surface area contributed by atoms with Crippen molar-refractivity contribution in [3.63, 3.8) is 0 Å². The number of imidazole rings is 1. The van der Waals surface area contributed by atoms with E-state index in [1.54, 1.807) is 61.6 Å². The number of carbonyl (C=O) groups is 1. The topological polar surface area (TPSA) is 106 Å². The monoisotopic (exact) mass is 446 g/mol. The van der Waals surface area contributed by atoms with Gasteiger partial charge < -0.3 is 18.7 Å². The average Bonchev–Trinajstić information content (AvgIpc) is 3.59. The summed E-state index contributed by atoms with van der Waals surface area (Å²) in [6, 6.07) is 6.02. The van der Waals surface area contributed by atoms with Crippen molar-refractivity contribution in [3.05, 3.63) is 77.4 Å². The lowest BCUT2D eigenvalue weighted by Crippen LogP contribution is -2.41. The van der Waals surface area contributed by atoms with Crippen molar-refractivity contribution < 1.29 is 18.0 Å². The number of hydrogen-bond donors (Lipinski definition) is 1. The van der Waals surface area contributed by atoms with Gasteiger partial charge in [-0.05, 0) is 19.1 Å². The number of carbonyl (C=O) groups excluding carboxylic acids is 1. The van der Waals surface area contributed by atoms with Crippen LogP contribution in [0, 0.1) is 12.7 Å². The van der Waals surface area contributed by atoms with Crippen LogP contribution in [0.25, 0.3) is 22.4 Å². The Balaban J connectivity index is 1.45. The largest absolute Gasteiger partial charge is 0.455 e. The zero-order valence-electron chi connectivity index (χ0n) is 17.9. The number of para-hydroxylation sites is 1. The van der Waals surface area contributed by atoms with E-state index in [1.807, 2.05) is 0 Å². The molecule has 6 rings (SSSR count). The molecular weight excluding hydrogens is 427 g/mol. The Labute approximate surface area is 186 Å². The molecule has 33 heavy (non-hydrogen) atoms. The molecule has 1 amide bonds. The normalized spacial score (nSPS) is 15.8. The van der Waals surface area contributed by atoms with E-state index in [4.69, 9.17) is 8.83 Å². The fraction of sp³-hybridized carbons (Fsp3) is 0.217. The number of aromatic amines is 1. The predicted octanol–water partition coefficient (Wildman–Crippen LogP) is 3.78. The second-order valence-corrected chi connectivity index (χ2v) is 8.03. The standard InChI is InChI=1S/C23H19FN6O3/c1-12-20(33-22(28-12)13-9-27-29(2)10-13)23(31)30-8-7-15-18(26-11-25-15)19(30)21-17(24)14-5-3-4-6-16(14)32-21/h3-6,9-11,19H,7-8H2,1-2H3,(H,25,26). The summed E-state index contributed by atoms with van der Waals surface area (Å²) < 4.78 is 28.8.